The molecule has 27 aromatic rings. The Kier molecular flexibility index (Phi) is 21.3. The number of rotatable bonds is 12. The van der Waals surface area contributed by atoms with Gasteiger partial charge in [-0.1, -0.05) is 297 Å². The van der Waals surface area contributed by atoms with Gasteiger partial charge in [-0.3, -0.25) is 0 Å². The summed E-state index contributed by atoms with van der Waals surface area (Å²) >= 11 is 5.35. The van der Waals surface area contributed by atoms with E-state index in [1.807, 2.05) is 218 Å². The minimum atomic E-state index is 0.338. The van der Waals surface area contributed by atoms with E-state index in [0.29, 0.717) is 120 Å². The summed E-state index contributed by atoms with van der Waals surface area (Å²) in [6, 6.07) is 139. The molecule has 0 atom stereocenters. The summed E-state index contributed by atoms with van der Waals surface area (Å²) in [6.07, 6.45) is 0. The average molecular weight is 1890 g/mol. The van der Waals surface area contributed by atoms with Gasteiger partial charge in [0.15, 0.2) is 69.5 Å². The lowest BCUT2D eigenvalue weighted by atomic mass is 10.0. The molecule has 9 aromatic heterocycles. The first-order chi connectivity index (χ1) is 71.1. The monoisotopic (exact) mass is 1890 g/mol. The fourth-order valence-corrected chi connectivity index (χ4v) is 23.1. The number of hydrogen-bond acceptors (Lipinski definition) is 15. The van der Waals surface area contributed by atoms with Crippen LogP contribution in [-0.4, -0.2) is 58.6 Å². The molecule has 0 unspecified atom stereocenters. The van der Waals surface area contributed by atoms with Crippen molar-refractivity contribution >= 4 is 177 Å². The van der Waals surface area contributed by atoms with E-state index in [1.165, 1.54) is 60.5 Å². The first-order valence-corrected chi connectivity index (χ1v) is 48.6. The summed E-state index contributed by atoms with van der Waals surface area (Å²) in [5.74, 6) is 3.97. The SMILES string of the molecule is [C-]#[N+]c1cc(-n2c3ccccc3c3c4c(ccc32)sc2ccccc24)c(C#N)cc1-c1nc(-c2ccccc2)nc(-c2ccccc2)n1.[C-]#[N+]c1cc(-n2c3ccccc3c3c4sc5ccccc5c4ccc32)c(C#N)cc1-c1nc(-c2ccccc2)nc(-c2ccccc2)n1.[C-]#[N+]c1cc(-n2c3ccccc3c3cc4sc5ccccc5c4cc32)c(C#N)cc1-c1nc(-c2ccccc2)nc(-c2ccccc2)n1. The van der Waals surface area contributed by atoms with E-state index in [2.05, 4.69) is 192 Å². The summed E-state index contributed by atoms with van der Waals surface area (Å²) in [5, 5.41) is 45.8. The maximum Gasteiger partial charge on any atom is 0.200 e. The average Bonchev–Trinajstić information content (AvgIpc) is 1.58. The van der Waals surface area contributed by atoms with Crippen LogP contribution in [0.2, 0.25) is 0 Å². The second-order valence-electron chi connectivity index (χ2n) is 34.3. The van der Waals surface area contributed by atoms with Crippen molar-refractivity contribution in [1.82, 2.24) is 58.6 Å². The Morgan fingerprint density at radius 2 is 0.507 bits per heavy atom. The van der Waals surface area contributed by atoms with Crippen LogP contribution in [0, 0.1) is 53.7 Å². The van der Waals surface area contributed by atoms with Gasteiger partial charge in [0.25, 0.3) is 0 Å². The maximum absolute atomic E-state index is 10.6. The Morgan fingerprint density at radius 1 is 0.208 bits per heavy atom. The molecule has 18 nitrogen and oxygen atoms in total. The minimum absolute atomic E-state index is 0.338. The number of aromatic nitrogens is 12. The molecule has 9 heterocycles. The fourth-order valence-electron chi connectivity index (χ4n) is 19.6. The van der Waals surface area contributed by atoms with Gasteiger partial charge < -0.3 is 13.7 Å². The second kappa shape index (κ2) is 35.8. The third-order valence-corrected chi connectivity index (χ3v) is 29.6. The van der Waals surface area contributed by atoms with Crippen LogP contribution in [0.1, 0.15) is 16.7 Å². The lowest BCUT2D eigenvalue weighted by Gasteiger charge is -2.14. The van der Waals surface area contributed by atoms with Gasteiger partial charge in [-0.05, 0) is 103 Å². The quantitative estimate of drug-likeness (QED) is 0.104. The van der Waals surface area contributed by atoms with Crippen molar-refractivity contribution in [3.05, 3.63) is 451 Å². The van der Waals surface area contributed by atoms with Crippen molar-refractivity contribution in [2.45, 2.75) is 0 Å². The van der Waals surface area contributed by atoms with Crippen molar-refractivity contribution in [2.24, 2.45) is 0 Å². The number of thiophene rings is 3. The normalized spacial score (nSPS) is 11.3. The third-order valence-electron chi connectivity index (χ3n) is 26.1. The van der Waals surface area contributed by atoms with E-state index in [9.17, 15) is 15.8 Å². The van der Waals surface area contributed by atoms with Gasteiger partial charge in [-0.15, -0.1) is 34.0 Å². The molecule has 0 saturated heterocycles. The first kappa shape index (κ1) is 85.6. The summed E-state index contributed by atoms with van der Waals surface area (Å²) < 4.78 is 13.7. The van der Waals surface area contributed by atoms with Crippen LogP contribution in [0.4, 0.5) is 17.1 Å². The smallest absolute Gasteiger partial charge is 0.200 e. The minimum Gasteiger partial charge on any atom is -0.309 e. The van der Waals surface area contributed by atoms with Crippen molar-refractivity contribution < 1.29 is 0 Å². The lowest BCUT2D eigenvalue weighted by molar-refractivity contribution is 1.07. The van der Waals surface area contributed by atoms with Crippen LogP contribution in [0.3, 0.4) is 0 Å². The topological polar surface area (TPSA) is 215 Å². The zero-order valence-corrected chi connectivity index (χ0v) is 78.3. The molecule has 144 heavy (non-hydrogen) atoms. The summed E-state index contributed by atoms with van der Waals surface area (Å²) in [6.45, 7) is 24.8. The summed E-state index contributed by atoms with van der Waals surface area (Å²) in [5.41, 5.74) is 16.5. The highest BCUT2D eigenvalue weighted by Crippen LogP contribution is 2.50. The Labute approximate surface area is 834 Å². The van der Waals surface area contributed by atoms with Gasteiger partial charge in [-0.25, -0.2) is 59.4 Å². The molecule has 0 saturated carbocycles. The molecule has 0 amide bonds. The molecule has 18 aromatic carbocycles. The molecule has 0 N–H and O–H groups in total. The van der Waals surface area contributed by atoms with E-state index >= 15 is 0 Å². The highest BCUT2D eigenvalue weighted by Gasteiger charge is 2.29. The van der Waals surface area contributed by atoms with E-state index < -0.39 is 0 Å². The molecule has 0 aliphatic carbocycles. The highest BCUT2D eigenvalue weighted by atomic mass is 32.1. The fraction of sp³-hybridized carbons (Fsp3) is 0. The Morgan fingerprint density at radius 3 is 0.903 bits per heavy atom. The molecule has 21 heteroatoms. The second-order valence-corrected chi connectivity index (χ2v) is 37.6. The molecular weight excluding hydrogens is 1830 g/mol. The van der Waals surface area contributed by atoms with Crippen LogP contribution in [0.25, 0.3) is 260 Å². The Bertz CT molecular complexity index is 9870. The van der Waals surface area contributed by atoms with Gasteiger partial charge in [0.2, 0.25) is 0 Å². The molecular formula is C123H66N18S3. The van der Waals surface area contributed by atoms with Crippen LogP contribution in [0.15, 0.2) is 400 Å². The van der Waals surface area contributed by atoms with Crippen LogP contribution in [-0.2, 0) is 0 Å². The van der Waals surface area contributed by atoms with Gasteiger partial charge in [0, 0.05) is 143 Å². The first-order valence-electron chi connectivity index (χ1n) is 46.1. The van der Waals surface area contributed by atoms with Crippen LogP contribution < -0.4 is 0 Å². The van der Waals surface area contributed by atoms with Crippen molar-refractivity contribution in [3.8, 4) is 138 Å². The van der Waals surface area contributed by atoms with E-state index in [1.54, 1.807) is 70.4 Å². The molecule has 0 aliphatic rings. The molecule has 0 aliphatic heterocycles. The predicted molar refractivity (Wildman–Crippen MR) is 583 cm³/mol. The molecule has 27 rings (SSSR count). The number of nitriles is 3. The van der Waals surface area contributed by atoms with Gasteiger partial charge in [0.05, 0.1) is 86.6 Å². The van der Waals surface area contributed by atoms with Gasteiger partial charge in [0.1, 0.15) is 18.2 Å². The van der Waals surface area contributed by atoms with Crippen molar-refractivity contribution in [2.75, 3.05) is 0 Å². The van der Waals surface area contributed by atoms with E-state index in [4.69, 9.17) is 64.6 Å². The zero-order chi connectivity index (χ0) is 96.6. The molecule has 666 valence electrons. The van der Waals surface area contributed by atoms with E-state index in [0.717, 1.165) is 98.8 Å². The van der Waals surface area contributed by atoms with Gasteiger partial charge in [-0.2, -0.15) is 15.8 Å². The van der Waals surface area contributed by atoms with Crippen molar-refractivity contribution in [1.29, 1.82) is 15.8 Å². The third kappa shape index (κ3) is 14.7. The van der Waals surface area contributed by atoms with Crippen molar-refractivity contribution in [3.63, 3.8) is 0 Å². The Balaban J connectivity index is 0.000000113. The highest BCUT2D eigenvalue weighted by molar-refractivity contribution is 7.27. The lowest BCUT2D eigenvalue weighted by Crippen LogP contribution is -2.02. The standard InChI is InChI=1S/3C41H22N6S/c1-43-32-23-35(47-33-18-10-8-17-30(33)37-34(47)21-20-29-28-16-9-11-19-36(28)48-38(29)37)27(24-42)22-31(32)41-45-39(25-12-4-2-5-13-25)44-40(46-41)26-14-6-3-7-15-26;1-43-33-23-35(47-34-18-10-8-16-28(34)30-22-38-31(21-36(30)47)29-17-9-11-19-37(29)48-38)27(24-42)20-32(33)41-45-39(25-12-4-2-5-13-25)44-40(46-41)26-14-6-3-7-15-26;1-43-31-23-34(47-32-18-10-8-16-28(32)37-33(47)20-21-36-38(37)29-17-9-11-19-35(29)48-36)27(24-42)22-30(31)41-45-39(25-12-4-2-5-13-25)44-40(46-41)26-14-6-3-7-15-26/h3*2-23H. The summed E-state index contributed by atoms with van der Waals surface area (Å²) in [7, 11) is 0. The van der Waals surface area contributed by atoms with Gasteiger partial charge >= 0.3 is 0 Å². The van der Waals surface area contributed by atoms with Crippen LogP contribution >= 0.6 is 34.0 Å². The Hall–Kier alpha value is -20.0. The predicted octanol–water partition coefficient (Wildman–Crippen LogP) is 32.3. The molecule has 0 fully saturated rings. The number of nitrogens with zero attached hydrogens (tertiary/aromatic N) is 18. The molecule has 0 radical (unpaired) electrons. The number of para-hydroxylation sites is 3. The molecule has 0 bridgehead atoms. The summed E-state index contributed by atoms with van der Waals surface area (Å²) in [4.78, 5) is 55.4. The molecule has 0 spiro atoms. The zero-order valence-electron chi connectivity index (χ0n) is 75.9. The van der Waals surface area contributed by atoms with E-state index in [-0.39, 0.29) is 0 Å². The van der Waals surface area contributed by atoms with Crippen LogP contribution in [0.5, 0.6) is 0 Å². The number of benzene rings is 18. The maximum atomic E-state index is 10.6. The number of hydrogen-bond donors (Lipinski definition) is 0. The number of fused-ring (bicyclic) bond motifs is 20. The largest absolute Gasteiger partial charge is 0.309 e.